The van der Waals surface area contributed by atoms with Crippen molar-refractivity contribution in [3.8, 4) is 0 Å². The molecule has 0 N–H and O–H groups in total. The minimum absolute atomic E-state index is 0.0553. The molecule has 2 nitrogen and oxygen atoms in total. The molecule has 0 aliphatic heterocycles. The van der Waals surface area contributed by atoms with Gasteiger partial charge < -0.3 is 4.57 Å². The predicted octanol–water partition coefficient (Wildman–Crippen LogP) is 4.37. The van der Waals surface area contributed by atoms with E-state index in [0.717, 1.165) is 21.7 Å². The van der Waals surface area contributed by atoms with E-state index in [1.807, 2.05) is 42.6 Å². The quantitative estimate of drug-likeness (QED) is 0.693. The zero-order chi connectivity index (χ0) is 14.8. The zero-order valence-electron chi connectivity index (χ0n) is 11.8. The molecule has 3 heteroatoms. The van der Waals surface area contributed by atoms with E-state index in [9.17, 15) is 4.79 Å². The fourth-order valence-corrected chi connectivity index (χ4v) is 3.25. The number of aryl methyl sites for hydroxylation is 1. The van der Waals surface area contributed by atoms with E-state index in [1.165, 1.54) is 11.1 Å². The molecule has 2 aromatic carbocycles. The molecule has 0 amide bonds. The van der Waals surface area contributed by atoms with Crippen molar-refractivity contribution in [1.82, 2.24) is 4.57 Å². The average molecular weight is 342 g/mol. The van der Waals surface area contributed by atoms with Crippen molar-refractivity contribution in [2.75, 3.05) is 0 Å². The molecule has 0 fully saturated rings. The van der Waals surface area contributed by atoms with Crippen LogP contribution in [0.1, 0.15) is 18.1 Å². The van der Waals surface area contributed by atoms with E-state index in [0.29, 0.717) is 6.54 Å². The van der Waals surface area contributed by atoms with Crippen LogP contribution in [0.4, 0.5) is 0 Å². The molecule has 0 spiro atoms. The Morgan fingerprint density at radius 3 is 2.29 bits per heavy atom. The third-order valence-corrected chi connectivity index (χ3v) is 4.42. The summed E-state index contributed by atoms with van der Waals surface area (Å²) in [6.45, 7) is 2.74. The monoisotopic (exact) mass is 341 g/mol. The second-order valence-electron chi connectivity index (χ2n) is 5.08. The summed E-state index contributed by atoms with van der Waals surface area (Å²) < 4.78 is 2.73. The molecule has 0 aliphatic carbocycles. The van der Waals surface area contributed by atoms with Gasteiger partial charge in [0.05, 0.1) is 6.54 Å². The summed E-state index contributed by atoms with van der Waals surface area (Å²) >= 11 is 3.57. The average Bonchev–Trinajstić information content (AvgIpc) is 2.53. The van der Waals surface area contributed by atoms with Gasteiger partial charge in [0.15, 0.2) is 0 Å². The molecule has 0 radical (unpaired) electrons. The smallest absolute Gasteiger partial charge is 0.258 e. The molecule has 1 aromatic heterocycles. The van der Waals surface area contributed by atoms with Crippen molar-refractivity contribution in [1.29, 1.82) is 0 Å². The largest absolute Gasteiger partial charge is 0.309 e. The first-order valence-corrected chi connectivity index (χ1v) is 7.84. The summed E-state index contributed by atoms with van der Waals surface area (Å²) in [6.07, 6.45) is 2.86. The van der Waals surface area contributed by atoms with E-state index in [-0.39, 0.29) is 5.56 Å². The highest BCUT2D eigenvalue weighted by Gasteiger charge is 2.08. The maximum absolute atomic E-state index is 12.6. The predicted molar refractivity (Wildman–Crippen MR) is 90.8 cm³/mol. The highest BCUT2D eigenvalue weighted by atomic mass is 79.9. The number of rotatable bonds is 3. The van der Waals surface area contributed by atoms with Crippen LogP contribution in [0.25, 0.3) is 10.8 Å². The van der Waals surface area contributed by atoms with Gasteiger partial charge in [-0.3, -0.25) is 4.79 Å². The first-order chi connectivity index (χ1) is 10.2. The lowest BCUT2D eigenvalue weighted by Crippen LogP contribution is -2.21. The molecule has 0 atom stereocenters. The Morgan fingerprint density at radius 2 is 1.57 bits per heavy atom. The molecular formula is C18H16BrNO. The second kappa shape index (κ2) is 5.86. The summed E-state index contributed by atoms with van der Waals surface area (Å²) in [5, 5.41) is 1.71. The topological polar surface area (TPSA) is 22.0 Å². The van der Waals surface area contributed by atoms with Gasteiger partial charge in [0, 0.05) is 21.4 Å². The minimum atomic E-state index is 0.0553. The molecule has 0 saturated carbocycles. The van der Waals surface area contributed by atoms with Crippen molar-refractivity contribution in [3.63, 3.8) is 0 Å². The van der Waals surface area contributed by atoms with Crippen molar-refractivity contribution in [2.45, 2.75) is 19.9 Å². The molecule has 0 saturated heterocycles. The number of fused-ring (bicyclic) bond motifs is 1. The van der Waals surface area contributed by atoms with Gasteiger partial charge in [-0.2, -0.15) is 0 Å². The summed E-state index contributed by atoms with van der Waals surface area (Å²) in [5.74, 6) is 0. The third-order valence-electron chi connectivity index (χ3n) is 3.78. The normalized spacial score (nSPS) is 11.0. The number of nitrogens with zero attached hydrogens (tertiary/aromatic N) is 1. The van der Waals surface area contributed by atoms with Crippen LogP contribution in [-0.4, -0.2) is 4.57 Å². The van der Waals surface area contributed by atoms with Crippen LogP contribution >= 0.6 is 15.9 Å². The fraction of sp³-hybridized carbons (Fsp3) is 0.167. The van der Waals surface area contributed by atoms with Gasteiger partial charge in [0.1, 0.15) is 0 Å². The van der Waals surface area contributed by atoms with Crippen molar-refractivity contribution >= 4 is 26.7 Å². The van der Waals surface area contributed by atoms with Crippen molar-refractivity contribution in [2.24, 2.45) is 0 Å². The molecular weight excluding hydrogens is 326 g/mol. The van der Waals surface area contributed by atoms with Crippen LogP contribution in [0.5, 0.6) is 0 Å². The summed E-state index contributed by atoms with van der Waals surface area (Å²) in [7, 11) is 0. The first-order valence-electron chi connectivity index (χ1n) is 7.05. The standard InChI is InChI=1S/C18H16BrNO/c1-2-13-7-3-4-8-14(13)11-20-12-17(19)15-9-5-6-10-16(15)18(20)21/h3-10,12H,2,11H2,1H3. The summed E-state index contributed by atoms with van der Waals surface area (Å²) in [6, 6.07) is 16.0. The van der Waals surface area contributed by atoms with Crippen LogP contribution in [0.2, 0.25) is 0 Å². The van der Waals surface area contributed by atoms with E-state index >= 15 is 0 Å². The fourth-order valence-electron chi connectivity index (χ4n) is 2.66. The number of pyridine rings is 1. The van der Waals surface area contributed by atoms with Gasteiger partial charge in [-0.1, -0.05) is 49.4 Å². The van der Waals surface area contributed by atoms with Gasteiger partial charge in [-0.25, -0.2) is 0 Å². The number of halogens is 1. The van der Waals surface area contributed by atoms with Gasteiger partial charge >= 0.3 is 0 Å². The molecule has 0 bridgehead atoms. The van der Waals surface area contributed by atoms with Gasteiger partial charge in [-0.15, -0.1) is 0 Å². The Kier molecular flexibility index (Phi) is 3.93. The molecule has 106 valence electrons. The van der Waals surface area contributed by atoms with Crippen LogP contribution < -0.4 is 5.56 Å². The minimum Gasteiger partial charge on any atom is -0.309 e. The van der Waals surface area contributed by atoms with E-state index in [2.05, 4.69) is 35.0 Å². The Balaban J connectivity index is 2.13. The Labute approximate surface area is 132 Å². The van der Waals surface area contributed by atoms with Crippen LogP contribution in [0.3, 0.4) is 0 Å². The number of hydrogen-bond acceptors (Lipinski definition) is 1. The zero-order valence-corrected chi connectivity index (χ0v) is 13.4. The van der Waals surface area contributed by atoms with E-state index in [1.54, 1.807) is 4.57 Å². The third kappa shape index (κ3) is 2.66. The molecule has 0 aliphatic rings. The summed E-state index contributed by atoms with van der Waals surface area (Å²) in [5.41, 5.74) is 2.54. The highest BCUT2D eigenvalue weighted by molar-refractivity contribution is 9.10. The molecule has 1 heterocycles. The van der Waals surface area contributed by atoms with Crippen LogP contribution in [0, 0.1) is 0 Å². The summed E-state index contributed by atoms with van der Waals surface area (Å²) in [4.78, 5) is 12.6. The first kappa shape index (κ1) is 14.1. The Morgan fingerprint density at radius 1 is 0.952 bits per heavy atom. The van der Waals surface area contributed by atoms with E-state index < -0.39 is 0 Å². The van der Waals surface area contributed by atoms with Gasteiger partial charge in [0.25, 0.3) is 5.56 Å². The van der Waals surface area contributed by atoms with Gasteiger partial charge in [0.2, 0.25) is 0 Å². The highest BCUT2D eigenvalue weighted by Crippen LogP contribution is 2.21. The Bertz CT molecular complexity index is 851. The number of benzene rings is 2. The Hall–Kier alpha value is -1.87. The lowest BCUT2D eigenvalue weighted by atomic mass is 10.1. The van der Waals surface area contributed by atoms with Crippen LogP contribution in [-0.2, 0) is 13.0 Å². The molecule has 0 unspecified atom stereocenters. The van der Waals surface area contributed by atoms with Gasteiger partial charge in [-0.05, 0) is 39.5 Å². The SMILES string of the molecule is CCc1ccccc1Cn1cc(Br)c2ccccc2c1=O. The maximum atomic E-state index is 12.6. The van der Waals surface area contributed by atoms with Crippen molar-refractivity contribution < 1.29 is 0 Å². The van der Waals surface area contributed by atoms with E-state index in [4.69, 9.17) is 0 Å². The molecule has 3 rings (SSSR count). The lowest BCUT2D eigenvalue weighted by Gasteiger charge is -2.12. The number of aromatic nitrogens is 1. The van der Waals surface area contributed by atoms with Crippen LogP contribution in [0.15, 0.2) is 64.0 Å². The van der Waals surface area contributed by atoms with Crippen molar-refractivity contribution in [3.05, 3.63) is 80.7 Å². The number of hydrogen-bond donors (Lipinski definition) is 0. The molecule has 21 heavy (non-hydrogen) atoms. The maximum Gasteiger partial charge on any atom is 0.258 e. The lowest BCUT2D eigenvalue weighted by molar-refractivity contribution is 0.757. The second-order valence-corrected chi connectivity index (χ2v) is 5.93. The molecule has 3 aromatic rings.